The minimum Gasteiger partial charge on any atom is -0.463 e. The third kappa shape index (κ3) is 4.43. The van der Waals surface area contributed by atoms with Crippen LogP contribution in [0, 0.1) is 6.92 Å². The first kappa shape index (κ1) is 21.3. The largest absolute Gasteiger partial charge is 0.463 e. The van der Waals surface area contributed by atoms with E-state index in [2.05, 4.69) is 15.5 Å². The van der Waals surface area contributed by atoms with Gasteiger partial charge in [-0.15, -0.1) is 11.3 Å². The van der Waals surface area contributed by atoms with Crippen LogP contribution in [0.25, 0.3) is 11.5 Å². The Morgan fingerprint density at radius 2 is 2.03 bits per heavy atom. The number of H-pyrrole nitrogens is 1. The van der Waals surface area contributed by atoms with E-state index < -0.39 is 17.8 Å². The number of carbonyl (C=O) groups excluding carboxylic acids is 3. The molecule has 3 aromatic rings. The summed E-state index contributed by atoms with van der Waals surface area (Å²) >= 11 is 0.960. The molecule has 3 heterocycles. The number of anilines is 1. The number of nitrogens with one attached hydrogen (secondary N) is 2. The summed E-state index contributed by atoms with van der Waals surface area (Å²) in [6.07, 6.45) is 2.15. The first-order valence-electron chi connectivity index (χ1n) is 9.34. The summed E-state index contributed by atoms with van der Waals surface area (Å²) < 4.78 is 15.5. The Balaban J connectivity index is 1.89. The first-order chi connectivity index (χ1) is 14.5. The first-order valence-corrected chi connectivity index (χ1v) is 10.2. The van der Waals surface area contributed by atoms with Gasteiger partial charge in [0, 0.05) is 6.07 Å². The SMILES string of the molecule is CCCOC(=O)c1c(NC(=O)c2cc(-c3ccco3)[nH]n2)sc(C(=O)OCC)c1C. The fraction of sp³-hybridized carbons (Fsp3) is 0.300. The van der Waals surface area contributed by atoms with E-state index in [1.165, 1.54) is 12.3 Å². The highest BCUT2D eigenvalue weighted by Gasteiger charge is 2.28. The monoisotopic (exact) mass is 431 g/mol. The van der Waals surface area contributed by atoms with E-state index in [9.17, 15) is 14.4 Å². The van der Waals surface area contributed by atoms with Gasteiger partial charge in [0.25, 0.3) is 5.91 Å². The number of amides is 1. The van der Waals surface area contributed by atoms with E-state index in [4.69, 9.17) is 13.9 Å². The van der Waals surface area contributed by atoms with Crippen molar-refractivity contribution >= 4 is 34.2 Å². The summed E-state index contributed by atoms with van der Waals surface area (Å²) in [6, 6.07) is 4.97. The fourth-order valence-corrected chi connectivity index (χ4v) is 3.75. The molecule has 0 aliphatic carbocycles. The number of nitrogens with zero attached hydrogens (tertiary/aromatic N) is 1. The van der Waals surface area contributed by atoms with E-state index in [-0.39, 0.29) is 34.3 Å². The Morgan fingerprint density at radius 1 is 1.23 bits per heavy atom. The minimum absolute atomic E-state index is 0.0954. The van der Waals surface area contributed by atoms with Crippen LogP contribution in [0.1, 0.15) is 56.3 Å². The van der Waals surface area contributed by atoms with Gasteiger partial charge < -0.3 is 19.2 Å². The maximum atomic E-state index is 12.7. The third-order valence-corrected chi connectivity index (χ3v) is 5.26. The molecule has 0 spiro atoms. The molecule has 30 heavy (non-hydrogen) atoms. The van der Waals surface area contributed by atoms with E-state index >= 15 is 0 Å². The molecular weight excluding hydrogens is 410 g/mol. The third-order valence-electron chi connectivity index (χ3n) is 4.07. The maximum Gasteiger partial charge on any atom is 0.348 e. The molecular formula is C20H21N3O6S. The molecule has 158 valence electrons. The molecule has 1 amide bonds. The Hall–Kier alpha value is -3.40. The van der Waals surface area contributed by atoms with Gasteiger partial charge in [-0.05, 0) is 38.0 Å². The quantitative estimate of drug-likeness (QED) is 0.516. The Labute approximate surface area is 176 Å². The van der Waals surface area contributed by atoms with Crippen molar-refractivity contribution in [2.75, 3.05) is 18.5 Å². The average Bonchev–Trinajstić information content (AvgIpc) is 3.46. The molecule has 3 aromatic heterocycles. The van der Waals surface area contributed by atoms with Gasteiger partial charge >= 0.3 is 11.9 Å². The van der Waals surface area contributed by atoms with Crippen molar-refractivity contribution in [2.24, 2.45) is 0 Å². The van der Waals surface area contributed by atoms with Crippen LogP contribution in [0.5, 0.6) is 0 Å². The zero-order valence-electron chi connectivity index (χ0n) is 16.7. The summed E-state index contributed by atoms with van der Waals surface area (Å²) in [5, 5.41) is 9.57. The van der Waals surface area contributed by atoms with Crippen LogP contribution in [-0.2, 0) is 9.47 Å². The van der Waals surface area contributed by atoms with Gasteiger partial charge in [-0.3, -0.25) is 9.89 Å². The van der Waals surface area contributed by atoms with Gasteiger partial charge in [0.1, 0.15) is 15.6 Å². The zero-order valence-corrected chi connectivity index (χ0v) is 17.6. The lowest BCUT2D eigenvalue weighted by atomic mass is 10.1. The average molecular weight is 431 g/mol. The summed E-state index contributed by atoms with van der Waals surface area (Å²) in [5.74, 6) is -1.20. The van der Waals surface area contributed by atoms with Crippen LogP contribution in [-0.4, -0.2) is 41.3 Å². The number of furan rings is 1. The van der Waals surface area contributed by atoms with Crippen molar-refractivity contribution in [3.05, 3.63) is 46.2 Å². The highest BCUT2D eigenvalue weighted by molar-refractivity contribution is 7.18. The number of hydrogen-bond acceptors (Lipinski definition) is 8. The van der Waals surface area contributed by atoms with Crippen molar-refractivity contribution in [3.63, 3.8) is 0 Å². The maximum absolute atomic E-state index is 12.7. The molecule has 0 radical (unpaired) electrons. The van der Waals surface area contributed by atoms with Crippen molar-refractivity contribution in [1.29, 1.82) is 0 Å². The standard InChI is InChI=1S/C20H21N3O6S/c1-4-8-29-19(25)15-11(3)16(20(26)27-5-2)30-18(15)21-17(24)13-10-12(22-23-13)14-7-6-9-28-14/h6-7,9-10H,4-5,8H2,1-3H3,(H,21,24)(H,22,23). The van der Waals surface area contributed by atoms with Gasteiger partial charge in [0.2, 0.25) is 0 Å². The van der Waals surface area contributed by atoms with Crippen molar-refractivity contribution in [2.45, 2.75) is 27.2 Å². The molecule has 0 fully saturated rings. The second-order valence-corrected chi connectivity index (χ2v) is 7.24. The fourth-order valence-electron chi connectivity index (χ4n) is 2.67. The molecule has 9 nitrogen and oxygen atoms in total. The Bertz CT molecular complexity index is 1050. The Morgan fingerprint density at radius 3 is 2.70 bits per heavy atom. The second kappa shape index (κ2) is 9.40. The van der Waals surface area contributed by atoms with E-state index in [1.54, 1.807) is 26.0 Å². The number of thiophene rings is 1. The molecule has 0 aliphatic rings. The number of ether oxygens (including phenoxy) is 2. The van der Waals surface area contributed by atoms with Gasteiger partial charge in [0.15, 0.2) is 11.5 Å². The van der Waals surface area contributed by atoms with E-state index in [0.29, 0.717) is 23.4 Å². The number of aromatic amines is 1. The summed E-state index contributed by atoms with van der Waals surface area (Å²) in [7, 11) is 0. The number of hydrogen-bond donors (Lipinski definition) is 2. The van der Waals surface area contributed by atoms with Crippen LogP contribution in [0.2, 0.25) is 0 Å². The number of rotatable bonds is 8. The van der Waals surface area contributed by atoms with Gasteiger partial charge in [-0.25, -0.2) is 9.59 Å². The van der Waals surface area contributed by atoms with Crippen LogP contribution >= 0.6 is 11.3 Å². The lowest BCUT2D eigenvalue weighted by Gasteiger charge is -2.06. The van der Waals surface area contributed by atoms with Gasteiger partial charge in [-0.2, -0.15) is 5.10 Å². The van der Waals surface area contributed by atoms with Crippen molar-refractivity contribution in [3.8, 4) is 11.5 Å². The molecule has 0 aromatic carbocycles. The van der Waals surface area contributed by atoms with Crippen molar-refractivity contribution in [1.82, 2.24) is 10.2 Å². The van der Waals surface area contributed by atoms with Crippen LogP contribution in [0.4, 0.5) is 5.00 Å². The normalized spacial score (nSPS) is 10.6. The molecule has 3 rings (SSSR count). The smallest absolute Gasteiger partial charge is 0.348 e. The zero-order chi connectivity index (χ0) is 21.7. The summed E-state index contributed by atoms with van der Waals surface area (Å²) in [6.45, 7) is 5.59. The van der Waals surface area contributed by atoms with Crippen LogP contribution < -0.4 is 5.32 Å². The van der Waals surface area contributed by atoms with Crippen molar-refractivity contribution < 1.29 is 28.3 Å². The number of carbonyl (C=O) groups is 3. The molecule has 0 unspecified atom stereocenters. The molecule has 0 bridgehead atoms. The molecule has 0 aliphatic heterocycles. The Kier molecular flexibility index (Phi) is 6.68. The molecule has 0 saturated carbocycles. The van der Waals surface area contributed by atoms with Gasteiger partial charge in [0.05, 0.1) is 25.0 Å². The summed E-state index contributed by atoms with van der Waals surface area (Å²) in [5.41, 5.74) is 1.15. The lowest BCUT2D eigenvalue weighted by molar-refractivity contribution is 0.0506. The highest BCUT2D eigenvalue weighted by atomic mass is 32.1. The molecule has 10 heteroatoms. The predicted molar refractivity (Wildman–Crippen MR) is 110 cm³/mol. The van der Waals surface area contributed by atoms with E-state index in [0.717, 1.165) is 11.3 Å². The summed E-state index contributed by atoms with van der Waals surface area (Å²) in [4.78, 5) is 37.8. The van der Waals surface area contributed by atoms with Gasteiger partial charge in [-0.1, -0.05) is 6.92 Å². The van der Waals surface area contributed by atoms with Crippen LogP contribution in [0.15, 0.2) is 28.9 Å². The lowest BCUT2D eigenvalue weighted by Crippen LogP contribution is -2.15. The minimum atomic E-state index is -0.616. The van der Waals surface area contributed by atoms with E-state index in [1.807, 2.05) is 6.92 Å². The molecule has 0 saturated heterocycles. The predicted octanol–water partition coefficient (Wildman–Crippen LogP) is 4.04. The molecule has 0 atom stereocenters. The molecule has 2 N–H and O–H groups in total. The second-order valence-electron chi connectivity index (χ2n) is 6.21. The van der Waals surface area contributed by atoms with Crippen LogP contribution in [0.3, 0.4) is 0 Å². The highest BCUT2D eigenvalue weighted by Crippen LogP contribution is 2.34. The number of aromatic nitrogens is 2. The number of esters is 2. The topological polar surface area (TPSA) is 124 Å².